The van der Waals surface area contributed by atoms with Crippen LogP contribution in [-0.4, -0.2) is 11.7 Å². The topological polar surface area (TPSA) is 29.1 Å². The normalized spacial score (nSPS) is 10.2. The molecule has 19 heavy (non-hydrogen) atoms. The largest absolute Gasteiger partial charge is 0.325 e. The van der Waals surface area contributed by atoms with Crippen LogP contribution in [0, 0.1) is 9.39 Å². The van der Waals surface area contributed by atoms with Crippen LogP contribution in [-0.2, 0) is 4.79 Å². The molecule has 2 aromatic carbocycles. The van der Waals surface area contributed by atoms with Crippen LogP contribution in [0.2, 0.25) is 0 Å². The number of amides is 1. The lowest BCUT2D eigenvalue weighted by molar-refractivity contribution is -0.113. The molecule has 5 heteroatoms. The number of rotatable bonds is 4. The van der Waals surface area contributed by atoms with Crippen LogP contribution in [0.4, 0.5) is 10.1 Å². The Bertz CT molecular complexity index is 574. The predicted octanol–water partition coefficient (Wildman–Crippen LogP) is 4.16. The van der Waals surface area contributed by atoms with Crippen molar-refractivity contribution in [3.8, 4) is 0 Å². The molecule has 1 amide bonds. The summed E-state index contributed by atoms with van der Waals surface area (Å²) in [6.45, 7) is 0. The van der Waals surface area contributed by atoms with Crippen LogP contribution in [0.3, 0.4) is 0 Å². The van der Waals surface area contributed by atoms with Crippen LogP contribution in [0.25, 0.3) is 0 Å². The van der Waals surface area contributed by atoms with Crippen molar-refractivity contribution in [2.75, 3.05) is 11.1 Å². The molecule has 2 rings (SSSR count). The number of nitrogens with one attached hydrogen (secondary N) is 1. The highest BCUT2D eigenvalue weighted by atomic mass is 127. The van der Waals surface area contributed by atoms with E-state index in [4.69, 9.17) is 0 Å². The lowest BCUT2D eigenvalue weighted by atomic mass is 10.3. The quantitative estimate of drug-likeness (QED) is 0.631. The van der Waals surface area contributed by atoms with Crippen LogP contribution < -0.4 is 5.32 Å². The summed E-state index contributed by atoms with van der Waals surface area (Å²) in [5.41, 5.74) is 0.789. The number of halogens is 2. The Hall–Kier alpha value is -1.08. The number of hydrogen-bond acceptors (Lipinski definition) is 2. The maximum Gasteiger partial charge on any atom is 0.234 e. The first-order valence-corrected chi connectivity index (χ1v) is 7.64. The van der Waals surface area contributed by atoms with Gasteiger partial charge in [0.15, 0.2) is 0 Å². The Morgan fingerprint density at radius 2 is 1.95 bits per heavy atom. The van der Waals surface area contributed by atoms with Crippen molar-refractivity contribution in [1.82, 2.24) is 0 Å². The molecule has 0 spiro atoms. The number of thioether (sulfide) groups is 1. The maximum atomic E-state index is 12.7. The van der Waals surface area contributed by atoms with Crippen molar-refractivity contribution < 1.29 is 9.18 Å². The molecule has 0 radical (unpaired) electrons. The van der Waals surface area contributed by atoms with Gasteiger partial charge in [-0.1, -0.05) is 6.07 Å². The molecular formula is C14H11FINOS. The van der Waals surface area contributed by atoms with Crippen molar-refractivity contribution in [1.29, 1.82) is 0 Å². The maximum absolute atomic E-state index is 12.7. The monoisotopic (exact) mass is 387 g/mol. The van der Waals surface area contributed by atoms with E-state index in [9.17, 15) is 9.18 Å². The van der Waals surface area contributed by atoms with E-state index < -0.39 is 0 Å². The fraction of sp³-hybridized carbons (Fsp3) is 0.0714. The third-order valence-electron chi connectivity index (χ3n) is 2.29. The standard InChI is InChI=1S/C14H11FINOS/c15-10-4-6-13(7-5-10)19-9-14(18)17-12-3-1-2-11(16)8-12/h1-8H,9H2,(H,17,18). The van der Waals surface area contributed by atoms with E-state index in [1.54, 1.807) is 12.1 Å². The number of carbonyl (C=O) groups is 1. The summed E-state index contributed by atoms with van der Waals surface area (Å²) < 4.78 is 13.8. The summed E-state index contributed by atoms with van der Waals surface area (Å²) in [6.07, 6.45) is 0. The average Bonchev–Trinajstić information content (AvgIpc) is 2.38. The number of anilines is 1. The van der Waals surface area contributed by atoms with Gasteiger partial charge in [0.05, 0.1) is 5.75 Å². The van der Waals surface area contributed by atoms with E-state index in [1.165, 1.54) is 23.9 Å². The van der Waals surface area contributed by atoms with Gasteiger partial charge in [0, 0.05) is 14.2 Å². The molecule has 0 unspecified atom stereocenters. The van der Waals surface area contributed by atoms with Gasteiger partial charge in [-0.05, 0) is 65.1 Å². The first kappa shape index (κ1) is 14.3. The molecule has 0 aliphatic heterocycles. The van der Waals surface area contributed by atoms with E-state index in [-0.39, 0.29) is 11.7 Å². The Morgan fingerprint density at radius 1 is 1.21 bits per heavy atom. The van der Waals surface area contributed by atoms with Crippen LogP contribution >= 0.6 is 34.4 Å². The van der Waals surface area contributed by atoms with Gasteiger partial charge in [-0.3, -0.25) is 4.79 Å². The first-order chi connectivity index (χ1) is 9.13. The molecule has 1 N–H and O–H groups in total. The smallest absolute Gasteiger partial charge is 0.234 e. The van der Waals surface area contributed by atoms with Gasteiger partial charge >= 0.3 is 0 Å². The Kier molecular flexibility index (Phi) is 5.21. The lowest BCUT2D eigenvalue weighted by Crippen LogP contribution is -2.13. The molecule has 0 saturated carbocycles. The highest BCUT2D eigenvalue weighted by molar-refractivity contribution is 14.1. The number of carbonyl (C=O) groups excluding carboxylic acids is 1. The molecule has 0 atom stereocenters. The van der Waals surface area contributed by atoms with Gasteiger partial charge in [0.2, 0.25) is 5.91 Å². The molecule has 0 aliphatic rings. The third kappa shape index (κ3) is 4.83. The average molecular weight is 387 g/mol. The molecule has 0 bridgehead atoms. The van der Waals surface area contributed by atoms with Gasteiger partial charge in [0.25, 0.3) is 0 Å². The van der Waals surface area contributed by atoms with Crippen molar-refractivity contribution in [2.24, 2.45) is 0 Å². The van der Waals surface area contributed by atoms with E-state index in [0.717, 1.165) is 14.2 Å². The zero-order valence-electron chi connectivity index (χ0n) is 9.90. The molecule has 0 fully saturated rings. The second-order valence-corrected chi connectivity index (χ2v) is 6.10. The van der Waals surface area contributed by atoms with Crippen LogP contribution in [0.5, 0.6) is 0 Å². The fourth-order valence-corrected chi connectivity index (χ4v) is 2.68. The summed E-state index contributed by atoms with van der Waals surface area (Å²) in [7, 11) is 0. The fourth-order valence-electron chi connectivity index (χ4n) is 1.44. The summed E-state index contributed by atoms with van der Waals surface area (Å²) in [6, 6.07) is 13.7. The van der Waals surface area contributed by atoms with E-state index in [2.05, 4.69) is 27.9 Å². The summed E-state index contributed by atoms with van der Waals surface area (Å²) in [4.78, 5) is 12.6. The predicted molar refractivity (Wildman–Crippen MR) is 84.9 cm³/mol. The number of benzene rings is 2. The van der Waals surface area contributed by atoms with Crippen molar-refractivity contribution in [2.45, 2.75) is 4.90 Å². The number of hydrogen-bond donors (Lipinski definition) is 1. The lowest BCUT2D eigenvalue weighted by Gasteiger charge is -2.05. The first-order valence-electron chi connectivity index (χ1n) is 5.57. The van der Waals surface area contributed by atoms with Gasteiger partial charge in [0.1, 0.15) is 5.82 Å². The minimum absolute atomic E-state index is 0.0728. The molecule has 2 nitrogen and oxygen atoms in total. The molecule has 0 aromatic heterocycles. The zero-order valence-corrected chi connectivity index (χ0v) is 12.9. The highest BCUT2D eigenvalue weighted by Crippen LogP contribution is 2.19. The van der Waals surface area contributed by atoms with Gasteiger partial charge in [-0.15, -0.1) is 11.8 Å². The summed E-state index contributed by atoms with van der Waals surface area (Å²) in [5, 5.41) is 2.83. The molecule has 2 aromatic rings. The van der Waals surface area contributed by atoms with Crippen LogP contribution in [0.15, 0.2) is 53.4 Å². The second kappa shape index (κ2) is 6.91. The van der Waals surface area contributed by atoms with Gasteiger partial charge in [-0.2, -0.15) is 0 Å². The van der Waals surface area contributed by atoms with E-state index in [0.29, 0.717) is 5.75 Å². The highest BCUT2D eigenvalue weighted by Gasteiger charge is 2.04. The molecule has 0 heterocycles. The molecule has 0 saturated heterocycles. The summed E-state index contributed by atoms with van der Waals surface area (Å²) >= 11 is 3.57. The van der Waals surface area contributed by atoms with Gasteiger partial charge in [-0.25, -0.2) is 4.39 Å². The van der Waals surface area contributed by atoms with Gasteiger partial charge < -0.3 is 5.32 Å². The Balaban J connectivity index is 1.86. The third-order valence-corrected chi connectivity index (χ3v) is 3.97. The Labute approximate surface area is 128 Å². The van der Waals surface area contributed by atoms with E-state index >= 15 is 0 Å². The second-order valence-electron chi connectivity index (χ2n) is 3.80. The molecule has 0 aliphatic carbocycles. The SMILES string of the molecule is O=C(CSc1ccc(F)cc1)Nc1cccc(I)c1. The minimum atomic E-state index is -0.271. The minimum Gasteiger partial charge on any atom is -0.325 e. The van der Waals surface area contributed by atoms with Crippen molar-refractivity contribution in [3.05, 3.63) is 57.9 Å². The molecule has 98 valence electrons. The van der Waals surface area contributed by atoms with E-state index in [1.807, 2.05) is 24.3 Å². The zero-order chi connectivity index (χ0) is 13.7. The van der Waals surface area contributed by atoms with Crippen LogP contribution in [0.1, 0.15) is 0 Å². The molecular weight excluding hydrogens is 376 g/mol. The van der Waals surface area contributed by atoms with Crippen molar-refractivity contribution in [3.63, 3.8) is 0 Å². The van der Waals surface area contributed by atoms with Crippen molar-refractivity contribution >= 4 is 45.9 Å². The Morgan fingerprint density at radius 3 is 2.63 bits per heavy atom. The summed E-state index contributed by atoms with van der Waals surface area (Å²) in [5.74, 6) is -0.0408.